The Bertz CT molecular complexity index is 359. The van der Waals surface area contributed by atoms with E-state index in [0.29, 0.717) is 5.92 Å². The van der Waals surface area contributed by atoms with Crippen LogP contribution in [0.1, 0.15) is 47.0 Å². The first-order chi connectivity index (χ1) is 8.42. The summed E-state index contributed by atoms with van der Waals surface area (Å²) in [5.41, 5.74) is 4.47. The van der Waals surface area contributed by atoms with E-state index in [-0.39, 0.29) is 11.7 Å². The van der Waals surface area contributed by atoms with Crippen LogP contribution in [0, 0.1) is 11.3 Å². The van der Waals surface area contributed by atoms with Crippen molar-refractivity contribution in [2.45, 2.75) is 53.2 Å². The average molecular weight is 250 g/mol. The topological polar surface area (TPSA) is 18.5 Å². The quantitative estimate of drug-likeness (QED) is 0.700. The third-order valence-corrected chi connectivity index (χ3v) is 4.28. The molecule has 0 aromatic carbocycles. The normalized spacial score (nSPS) is 26.1. The first kappa shape index (κ1) is 13.8. The fourth-order valence-corrected chi connectivity index (χ4v) is 3.19. The zero-order valence-electron chi connectivity index (χ0n) is 12.2. The van der Waals surface area contributed by atoms with Crippen molar-refractivity contribution in [3.05, 3.63) is 23.3 Å². The van der Waals surface area contributed by atoms with Gasteiger partial charge in [0.1, 0.15) is 0 Å². The Balaban J connectivity index is 2.11. The number of ether oxygens (including phenoxy) is 2. The van der Waals surface area contributed by atoms with E-state index in [0.717, 1.165) is 19.6 Å². The minimum Gasteiger partial charge on any atom is -0.350 e. The molecule has 102 valence electrons. The lowest BCUT2D eigenvalue weighted by atomic mass is 9.79. The molecule has 0 bridgehead atoms. The van der Waals surface area contributed by atoms with Gasteiger partial charge in [-0.05, 0) is 33.1 Å². The van der Waals surface area contributed by atoms with Gasteiger partial charge >= 0.3 is 0 Å². The summed E-state index contributed by atoms with van der Waals surface area (Å²) in [6, 6.07) is 0. The molecule has 1 heterocycles. The molecular formula is C16H26O2. The predicted octanol–water partition coefficient (Wildman–Crippen LogP) is 4.08. The van der Waals surface area contributed by atoms with Crippen LogP contribution in [0.5, 0.6) is 0 Å². The summed E-state index contributed by atoms with van der Waals surface area (Å²) in [4.78, 5) is 0. The number of hydrogen-bond donors (Lipinski definition) is 0. The molecular weight excluding hydrogens is 224 g/mol. The minimum absolute atomic E-state index is 0.0468. The second kappa shape index (κ2) is 5.18. The van der Waals surface area contributed by atoms with Crippen LogP contribution in [0.25, 0.3) is 0 Å². The average Bonchev–Trinajstić information content (AvgIpc) is 2.89. The van der Waals surface area contributed by atoms with E-state index in [1.54, 1.807) is 11.1 Å². The molecule has 2 rings (SSSR count). The summed E-state index contributed by atoms with van der Waals surface area (Å²) in [7, 11) is 0. The Morgan fingerprint density at radius 3 is 2.50 bits per heavy atom. The monoisotopic (exact) mass is 250 g/mol. The van der Waals surface area contributed by atoms with E-state index >= 15 is 0 Å². The molecule has 2 heteroatoms. The summed E-state index contributed by atoms with van der Waals surface area (Å²) < 4.78 is 11.4. The molecule has 1 aliphatic heterocycles. The highest BCUT2D eigenvalue weighted by atomic mass is 16.7. The molecule has 0 saturated carbocycles. The number of hydrogen-bond acceptors (Lipinski definition) is 2. The lowest BCUT2D eigenvalue weighted by Crippen LogP contribution is -2.31. The molecule has 1 saturated heterocycles. The molecule has 18 heavy (non-hydrogen) atoms. The molecule has 0 amide bonds. The SMILES string of the molecule is C=C(C)C1CCC(C)=C1CC(C)(C)C1OCCO1. The van der Waals surface area contributed by atoms with Crippen molar-refractivity contribution in [3.63, 3.8) is 0 Å². The van der Waals surface area contributed by atoms with Gasteiger partial charge in [0.25, 0.3) is 0 Å². The second-order valence-electron chi connectivity index (χ2n) is 6.48. The summed E-state index contributed by atoms with van der Waals surface area (Å²) in [5.74, 6) is 0.575. The van der Waals surface area contributed by atoms with E-state index < -0.39 is 0 Å². The molecule has 0 radical (unpaired) electrons. The van der Waals surface area contributed by atoms with Gasteiger partial charge in [-0.15, -0.1) is 0 Å². The Kier molecular flexibility index (Phi) is 3.98. The summed E-state index contributed by atoms with van der Waals surface area (Å²) in [6.07, 6.45) is 3.46. The van der Waals surface area contributed by atoms with Crippen molar-refractivity contribution in [2.75, 3.05) is 13.2 Å². The van der Waals surface area contributed by atoms with Gasteiger partial charge < -0.3 is 9.47 Å². The minimum atomic E-state index is -0.0517. The first-order valence-electron chi connectivity index (χ1n) is 6.99. The molecule has 0 aromatic rings. The maximum absolute atomic E-state index is 5.69. The Labute approximate surface area is 111 Å². The fraction of sp³-hybridized carbons (Fsp3) is 0.750. The highest BCUT2D eigenvalue weighted by molar-refractivity contribution is 5.29. The van der Waals surface area contributed by atoms with Crippen LogP contribution in [-0.2, 0) is 9.47 Å². The predicted molar refractivity (Wildman–Crippen MR) is 74.3 cm³/mol. The van der Waals surface area contributed by atoms with Gasteiger partial charge in [0.05, 0.1) is 13.2 Å². The van der Waals surface area contributed by atoms with Gasteiger partial charge in [0, 0.05) is 11.3 Å². The van der Waals surface area contributed by atoms with Crippen LogP contribution in [0.15, 0.2) is 23.3 Å². The molecule has 2 nitrogen and oxygen atoms in total. The molecule has 0 N–H and O–H groups in total. The Hall–Kier alpha value is -0.600. The standard InChI is InChI=1S/C16H26O2/c1-11(2)13-7-6-12(3)14(13)10-16(4,5)15-17-8-9-18-15/h13,15H,1,6-10H2,2-5H3. The third kappa shape index (κ3) is 2.70. The summed E-state index contributed by atoms with van der Waals surface area (Å²) >= 11 is 0. The van der Waals surface area contributed by atoms with Gasteiger partial charge in [0.2, 0.25) is 0 Å². The van der Waals surface area contributed by atoms with Crippen molar-refractivity contribution in [1.82, 2.24) is 0 Å². The van der Waals surface area contributed by atoms with Crippen molar-refractivity contribution >= 4 is 0 Å². The lowest BCUT2D eigenvalue weighted by molar-refractivity contribution is -0.119. The van der Waals surface area contributed by atoms with Gasteiger partial charge in [0.15, 0.2) is 6.29 Å². The maximum Gasteiger partial charge on any atom is 0.163 e. The summed E-state index contributed by atoms with van der Waals surface area (Å²) in [6.45, 7) is 14.5. The van der Waals surface area contributed by atoms with E-state index in [2.05, 4.69) is 34.3 Å². The third-order valence-electron chi connectivity index (χ3n) is 4.28. The van der Waals surface area contributed by atoms with Crippen molar-refractivity contribution < 1.29 is 9.47 Å². The van der Waals surface area contributed by atoms with Crippen LogP contribution >= 0.6 is 0 Å². The molecule has 1 fully saturated rings. The number of rotatable bonds is 4. The van der Waals surface area contributed by atoms with Crippen molar-refractivity contribution in [2.24, 2.45) is 11.3 Å². The van der Waals surface area contributed by atoms with E-state index in [4.69, 9.17) is 9.47 Å². The Morgan fingerprint density at radius 2 is 1.94 bits per heavy atom. The van der Waals surface area contributed by atoms with Gasteiger partial charge in [-0.2, -0.15) is 0 Å². The number of allylic oxidation sites excluding steroid dienone is 3. The van der Waals surface area contributed by atoms with E-state index in [1.165, 1.54) is 18.4 Å². The maximum atomic E-state index is 5.69. The van der Waals surface area contributed by atoms with Crippen LogP contribution in [0.2, 0.25) is 0 Å². The fourth-order valence-electron chi connectivity index (χ4n) is 3.19. The second-order valence-corrected chi connectivity index (χ2v) is 6.48. The van der Waals surface area contributed by atoms with E-state index in [9.17, 15) is 0 Å². The van der Waals surface area contributed by atoms with Crippen LogP contribution in [0.3, 0.4) is 0 Å². The Morgan fingerprint density at radius 1 is 1.33 bits per heavy atom. The molecule has 1 atom stereocenters. The summed E-state index contributed by atoms with van der Waals surface area (Å²) in [5, 5.41) is 0. The molecule has 2 aliphatic rings. The highest BCUT2D eigenvalue weighted by Gasteiger charge is 2.37. The van der Waals surface area contributed by atoms with Gasteiger partial charge in [-0.25, -0.2) is 0 Å². The molecule has 0 aromatic heterocycles. The smallest absolute Gasteiger partial charge is 0.163 e. The van der Waals surface area contributed by atoms with Crippen LogP contribution in [0.4, 0.5) is 0 Å². The van der Waals surface area contributed by atoms with E-state index in [1.807, 2.05) is 0 Å². The van der Waals surface area contributed by atoms with Crippen molar-refractivity contribution in [3.8, 4) is 0 Å². The molecule has 1 unspecified atom stereocenters. The van der Waals surface area contributed by atoms with Crippen LogP contribution in [-0.4, -0.2) is 19.5 Å². The molecule has 0 spiro atoms. The van der Waals surface area contributed by atoms with Crippen LogP contribution < -0.4 is 0 Å². The largest absolute Gasteiger partial charge is 0.350 e. The highest BCUT2D eigenvalue weighted by Crippen LogP contribution is 2.44. The first-order valence-corrected chi connectivity index (χ1v) is 6.99. The molecule has 1 aliphatic carbocycles. The van der Waals surface area contributed by atoms with Gasteiger partial charge in [-0.3, -0.25) is 0 Å². The van der Waals surface area contributed by atoms with Crippen molar-refractivity contribution in [1.29, 1.82) is 0 Å². The zero-order valence-corrected chi connectivity index (χ0v) is 12.2. The van der Waals surface area contributed by atoms with Gasteiger partial charge in [-0.1, -0.05) is 37.1 Å². The zero-order chi connectivity index (χ0) is 13.3. The lowest BCUT2D eigenvalue weighted by Gasteiger charge is -2.32.